The highest BCUT2D eigenvalue weighted by Gasteiger charge is 2.06. The van der Waals surface area contributed by atoms with Gasteiger partial charge in [0, 0.05) is 6.07 Å². The van der Waals surface area contributed by atoms with E-state index in [0.29, 0.717) is 5.69 Å². The molecule has 2 N–H and O–H groups in total. The van der Waals surface area contributed by atoms with Gasteiger partial charge in [-0.15, -0.1) is 0 Å². The fourth-order valence-corrected chi connectivity index (χ4v) is 1.61. The van der Waals surface area contributed by atoms with Crippen molar-refractivity contribution in [1.82, 2.24) is 0 Å². The van der Waals surface area contributed by atoms with Crippen LogP contribution in [0.5, 0.6) is 5.75 Å². The molecule has 0 aliphatic heterocycles. The van der Waals surface area contributed by atoms with E-state index in [2.05, 4.69) is 5.32 Å². The van der Waals surface area contributed by atoms with Crippen LogP contribution in [-0.4, -0.2) is 11.2 Å². The number of benzene rings is 2. The van der Waals surface area contributed by atoms with Gasteiger partial charge >= 0.3 is 6.09 Å². The quantitative estimate of drug-likeness (QED) is 0.885. The second-order valence-corrected chi connectivity index (χ2v) is 4.19. The fourth-order valence-electron chi connectivity index (χ4n) is 1.61. The molecule has 0 atom stereocenters. The molecule has 0 aliphatic rings. The Balaban J connectivity index is 1.93. The van der Waals surface area contributed by atoms with Gasteiger partial charge in [0.1, 0.15) is 12.4 Å². The van der Waals surface area contributed by atoms with Crippen molar-refractivity contribution in [3.63, 3.8) is 0 Å². The van der Waals surface area contributed by atoms with Crippen LogP contribution in [0.4, 0.5) is 10.5 Å². The van der Waals surface area contributed by atoms with Crippen molar-refractivity contribution in [1.29, 1.82) is 0 Å². The lowest BCUT2D eigenvalue weighted by atomic mass is 10.2. The second-order valence-electron chi connectivity index (χ2n) is 4.19. The summed E-state index contributed by atoms with van der Waals surface area (Å²) in [6.07, 6.45) is -0.544. The first kappa shape index (κ1) is 13.0. The molecule has 19 heavy (non-hydrogen) atoms. The Bertz CT molecular complexity index is 567. The Morgan fingerprint density at radius 1 is 1.21 bits per heavy atom. The largest absolute Gasteiger partial charge is 0.508 e. The Morgan fingerprint density at radius 2 is 1.95 bits per heavy atom. The van der Waals surface area contributed by atoms with E-state index in [4.69, 9.17) is 4.74 Å². The Kier molecular flexibility index (Phi) is 4.03. The van der Waals surface area contributed by atoms with Crippen molar-refractivity contribution >= 4 is 11.8 Å². The number of aromatic hydroxyl groups is 1. The number of hydrogen-bond acceptors (Lipinski definition) is 3. The SMILES string of the molecule is Cc1ccc(O)cc1NC(=O)OCc1ccccc1. The van der Waals surface area contributed by atoms with Crippen LogP contribution in [0.15, 0.2) is 48.5 Å². The number of phenols is 1. The molecule has 2 rings (SSSR count). The molecular weight excluding hydrogens is 242 g/mol. The summed E-state index contributed by atoms with van der Waals surface area (Å²) in [6, 6.07) is 14.2. The predicted octanol–water partition coefficient (Wildman–Crippen LogP) is 3.45. The number of carbonyl (C=O) groups is 1. The summed E-state index contributed by atoms with van der Waals surface area (Å²) in [5, 5.41) is 12.0. The van der Waals surface area contributed by atoms with Gasteiger partial charge in [0.25, 0.3) is 0 Å². The normalized spacial score (nSPS) is 9.95. The highest BCUT2D eigenvalue weighted by molar-refractivity contribution is 5.85. The van der Waals surface area contributed by atoms with E-state index in [9.17, 15) is 9.90 Å². The highest BCUT2D eigenvalue weighted by atomic mass is 16.5. The lowest BCUT2D eigenvalue weighted by Crippen LogP contribution is -2.14. The van der Waals surface area contributed by atoms with Gasteiger partial charge in [0.05, 0.1) is 5.69 Å². The number of ether oxygens (including phenoxy) is 1. The molecule has 0 fully saturated rings. The van der Waals surface area contributed by atoms with Gasteiger partial charge in [-0.3, -0.25) is 5.32 Å². The van der Waals surface area contributed by atoms with Crippen molar-refractivity contribution in [2.75, 3.05) is 5.32 Å². The summed E-state index contributed by atoms with van der Waals surface area (Å²) in [4.78, 5) is 11.6. The van der Waals surface area contributed by atoms with Gasteiger partial charge < -0.3 is 9.84 Å². The molecule has 0 radical (unpaired) electrons. The topological polar surface area (TPSA) is 58.6 Å². The summed E-state index contributed by atoms with van der Waals surface area (Å²) in [7, 11) is 0. The minimum absolute atomic E-state index is 0.101. The molecule has 2 aromatic rings. The number of amides is 1. The number of carbonyl (C=O) groups excluding carboxylic acids is 1. The Hall–Kier alpha value is -2.49. The summed E-state index contributed by atoms with van der Waals surface area (Å²) in [6.45, 7) is 2.05. The average molecular weight is 257 g/mol. The van der Waals surface area contributed by atoms with Gasteiger partial charge in [0.2, 0.25) is 0 Å². The Labute approximate surface area is 111 Å². The molecule has 0 heterocycles. The third-order valence-corrected chi connectivity index (χ3v) is 2.67. The van der Waals surface area contributed by atoms with E-state index >= 15 is 0 Å². The van der Waals surface area contributed by atoms with Crippen molar-refractivity contribution in [2.45, 2.75) is 13.5 Å². The maximum absolute atomic E-state index is 11.6. The molecule has 0 saturated carbocycles. The van der Waals surface area contributed by atoms with Crippen LogP contribution in [0, 0.1) is 6.92 Å². The molecule has 2 aromatic carbocycles. The molecule has 4 nitrogen and oxygen atoms in total. The molecule has 1 amide bonds. The van der Waals surface area contributed by atoms with Crippen LogP contribution < -0.4 is 5.32 Å². The lowest BCUT2D eigenvalue weighted by Gasteiger charge is -2.09. The van der Waals surface area contributed by atoms with Gasteiger partial charge in [-0.05, 0) is 24.1 Å². The third kappa shape index (κ3) is 3.74. The highest BCUT2D eigenvalue weighted by Crippen LogP contribution is 2.20. The molecule has 0 spiro atoms. The van der Waals surface area contributed by atoms with E-state index in [0.717, 1.165) is 11.1 Å². The molecule has 0 bridgehead atoms. The number of anilines is 1. The lowest BCUT2D eigenvalue weighted by molar-refractivity contribution is 0.155. The number of rotatable bonds is 3. The van der Waals surface area contributed by atoms with Gasteiger partial charge in [-0.1, -0.05) is 36.4 Å². The Morgan fingerprint density at radius 3 is 2.68 bits per heavy atom. The van der Waals surface area contributed by atoms with Crippen LogP contribution in [0.2, 0.25) is 0 Å². The summed E-state index contributed by atoms with van der Waals surface area (Å²) in [5.74, 6) is 0.101. The first-order valence-corrected chi connectivity index (χ1v) is 5.92. The maximum atomic E-state index is 11.6. The number of aryl methyl sites for hydroxylation is 1. The average Bonchev–Trinajstić information content (AvgIpc) is 2.42. The van der Waals surface area contributed by atoms with Gasteiger partial charge in [-0.25, -0.2) is 4.79 Å². The molecular formula is C15H15NO3. The van der Waals surface area contributed by atoms with E-state index in [1.165, 1.54) is 6.07 Å². The molecule has 0 aromatic heterocycles. The van der Waals surface area contributed by atoms with Crippen molar-refractivity contribution in [2.24, 2.45) is 0 Å². The number of nitrogens with one attached hydrogen (secondary N) is 1. The van der Waals surface area contributed by atoms with Crippen molar-refractivity contribution in [3.8, 4) is 5.75 Å². The summed E-state index contributed by atoms with van der Waals surface area (Å²) < 4.78 is 5.10. The third-order valence-electron chi connectivity index (χ3n) is 2.67. The second kappa shape index (κ2) is 5.91. The first-order valence-electron chi connectivity index (χ1n) is 5.92. The summed E-state index contributed by atoms with van der Waals surface area (Å²) >= 11 is 0. The number of phenolic OH excluding ortho intramolecular Hbond substituents is 1. The first-order chi connectivity index (χ1) is 9.15. The monoisotopic (exact) mass is 257 g/mol. The van der Waals surface area contributed by atoms with Crippen LogP contribution in [0.1, 0.15) is 11.1 Å². The molecule has 98 valence electrons. The molecule has 4 heteroatoms. The van der Waals surface area contributed by atoms with E-state index in [-0.39, 0.29) is 12.4 Å². The number of hydrogen-bond donors (Lipinski definition) is 2. The molecule has 0 aliphatic carbocycles. The minimum atomic E-state index is -0.544. The maximum Gasteiger partial charge on any atom is 0.411 e. The predicted molar refractivity (Wildman–Crippen MR) is 73.1 cm³/mol. The smallest absolute Gasteiger partial charge is 0.411 e. The van der Waals surface area contributed by atoms with Crippen LogP contribution in [0.3, 0.4) is 0 Å². The van der Waals surface area contributed by atoms with E-state index in [1.54, 1.807) is 12.1 Å². The zero-order chi connectivity index (χ0) is 13.7. The van der Waals surface area contributed by atoms with Gasteiger partial charge in [0.15, 0.2) is 0 Å². The van der Waals surface area contributed by atoms with E-state index < -0.39 is 6.09 Å². The zero-order valence-electron chi connectivity index (χ0n) is 10.6. The van der Waals surface area contributed by atoms with Crippen LogP contribution in [0.25, 0.3) is 0 Å². The molecule has 0 saturated heterocycles. The van der Waals surface area contributed by atoms with Crippen molar-refractivity contribution < 1.29 is 14.6 Å². The zero-order valence-corrected chi connectivity index (χ0v) is 10.6. The van der Waals surface area contributed by atoms with E-state index in [1.807, 2.05) is 37.3 Å². The summed E-state index contributed by atoms with van der Waals surface area (Å²) in [5.41, 5.74) is 2.32. The standard InChI is InChI=1S/C15H15NO3/c1-11-7-8-13(17)9-14(11)16-15(18)19-10-12-5-3-2-4-6-12/h2-9,17H,10H2,1H3,(H,16,18). The van der Waals surface area contributed by atoms with Crippen molar-refractivity contribution in [3.05, 3.63) is 59.7 Å². The molecule has 0 unspecified atom stereocenters. The van der Waals surface area contributed by atoms with Crippen LogP contribution in [-0.2, 0) is 11.3 Å². The fraction of sp³-hybridized carbons (Fsp3) is 0.133. The van der Waals surface area contributed by atoms with Gasteiger partial charge in [-0.2, -0.15) is 0 Å². The minimum Gasteiger partial charge on any atom is -0.508 e. The van der Waals surface area contributed by atoms with Crippen LogP contribution >= 0.6 is 0 Å².